The highest BCUT2D eigenvalue weighted by atomic mass is 35.5. The molecule has 2 aromatic rings. The maximum atomic E-state index is 5.92. The van der Waals surface area contributed by atoms with Gasteiger partial charge in [0.05, 0.1) is 15.7 Å². The molecule has 1 heterocycles. The van der Waals surface area contributed by atoms with Crippen molar-refractivity contribution in [3.63, 3.8) is 0 Å². The maximum absolute atomic E-state index is 5.92. The van der Waals surface area contributed by atoms with Gasteiger partial charge in [-0.1, -0.05) is 40.6 Å². The lowest BCUT2D eigenvalue weighted by atomic mass is 10.2. The third-order valence-electron chi connectivity index (χ3n) is 2.28. The van der Waals surface area contributed by atoms with Crippen LogP contribution in [0.15, 0.2) is 23.2 Å². The number of halogens is 2. The number of nitrogens with zero attached hydrogens (tertiary/aromatic N) is 2. The van der Waals surface area contributed by atoms with Crippen molar-refractivity contribution in [2.75, 3.05) is 0 Å². The molecule has 17 heavy (non-hydrogen) atoms. The van der Waals surface area contributed by atoms with Crippen LogP contribution in [-0.2, 0) is 0 Å². The van der Waals surface area contributed by atoms with E-state index in [1.165, 1.54) is 4.88 Å². The van der Waals surface area contributed by atoms with Crippen molar-refractivity contribution in [3.8, 4) is 0 Å². The highest BCUT2D eigenvalue weighted by Gasteiger charge is 2.01. The van der Waals surface area contributed by atoms with Crippen molar-refractivity contribution in [1.29, 1.82) is 0 Å². The van der Waals surface area contributed by atoms with E-state index in [0.717, 1.165) is 16.4 Å². The van der Waals surface area contributed by atoms with Gasteiger partial charge >= 0.3 is 0 Å². The molecule has 0 bridgehead atoms. The number of aliphatic imine (C=N–C) groups is 1. The molecule has 0 spiro atoms. The number of hydrogen-bond acceptors (Lipinski definition) is 3. The summed E-state index contributed by atoms with van der Waals surface area (Å²) >= 11 is 13.3. The highest BCUT2D eigenvalue weighted by molar-refractivity contribution is 7.15. The van der Waals surface area contributed by atoms with Gasteiger partial charge in [-0.25, -0.2) is 9.98 Å². The molecule has 1 aromatic heterocycles. The molecule has 0 fully saturated rings. The van der Waals surface area contributed by atoms with Crippen LogP contribution in [0.1, 0.15) is 16.1 Å². The summed E-state index contributed by atoms with van der Waals surface area (Å²) in [6.07, 6.45) is 1.74. The van der Waals surface area contributed by atoms with Gasteiger partial charge in [0.25, 0.3) is 0 Å². The zero-order chi connectivity index (χ0) is 12.4. The molecule has 0 aliphatic heterocycles. The summed E-state index contributed by atoms with van der Waals surface area (Å²) < 4.78 is 0. The lowest BCUT2D eigenvalue weighted by molar-refractivity contribution is 1.22. The number of aryl methyl sites for hydroxylation is 2. The second-order valence-electron chi connectivity index (χ2n) is 3.57. The van der Waals surface area contributed by atoms with Crippen molar-refractivity contribution < 1.29 is 0 Å². The SMILES string of the molecule is Cc1nc(/N=C/c2ccc(Cl)c(Cl)c2)sc1C. The van der Waals surface area contributed by atoms with E-state index in [1.807, 2.05) is 19.9 Å². The van der Waals surface area contributed by atoms with Crippen LogP contribution in [0.5, 0.6) is 0 Å². The van der Waals surface area contributed by atoms with Crippen molar-refractivity contribution >= 4 is 45.9 Å². The number of thiazole rings is 1. The largest absolute Gasteiger partial charge is 0.227 e. The lowest BCUT2D eigenvalue weighted by Crippen LogP contribution is -1.80. The molecule has 0 saturated heterocycles. The monoisotopic (exact) mass is 284 g/mol. The Kier molecular flexibility index (Phi) is 3.82. The molecule has 0 aliphatic rings. The molecule has 0 atom stereocenters. The Bertz CT molecular complexity index is 556. The molecule has 0 saturated carbocycles. The van der Waals surface area contributed by atoms with Crippen molar-refractivity contribution in [3.05, 3.63) is 44.4 Å². The zero-order valence-corrected chi connectivity index (χ0v) is 11.7. The minimum absolute atomic E-state index is 0.530. The Balaban J connectivity index is 2.22. The van der Waals surface area contributed by atoms with Gasteiger partial charge in [0.15, 0.2) is 0 Å². The number of benzene rings is 1. The molecule has 1 aromatic carbocycles. The minimum Gasteiger partial charge on any atom is -0.227 e. The van der Waals surface area contributed by atoms with Crippen molar-refractivity contribution in [2.45, 2.75) is 13.8 Å². The van der Waals surface area contributed by atoms with Crippen molar-refractivity contribution in [2.24, 2.45) is 4.99 Å². The second-order valence-corrected chi connectivity index (χ2v) is 5.57. The first-order valence-corrected chi connectivity index (χ1v) is 6.56. The Morgan fingerprint density at radius 1 is 1.24 bits per heavy atom. The smallest absolute Gasteiger partial charge is 0.209 e. The average molecular weight is 285 g/mol. The van der Waals surface area contributed by atoms with Crippen LogP contribution in [0, 0.1) is 13.8 Å². The predicted octanol–water partition coefficient (Wildman–Crippen LogP) is 4.82. The van der Waals surface area contributed by atoms with Gasteiger partial charge in [0.1, 0.15) is 0 Å². The van der Waals surface area contributed by atoms with E-state index in [4.69, 9.17) is 23.2 Å². The number of hydrogen-bond donors (Lipinski definition) is 0. The van der Waals surface area contributed by atoms with Gasteiger partial charge < -0.3 is 0 Å². The van der Waals surface area contributed by atoms with E-state index < -0.39 is 0 Å². The Morgan fingerprint density at radius 2 is 2.00 bits per heavy atom. The van der Waals surface area contributed by atoms with E-state index in [9.17, 15) is 0 Å². The first-order valence-electron chi connectivity index (χ1n) is 4.99. The summed E-state index contributed by atoms with van der Waals surface area (Å²) in [5.41, 5.74) is 1.93. The Hall–Kier alpha value is -0.900. The van der Waals surface area contributed by atoms with Crippen LogP contribution in [0.4, 0.5) is 5.13 Å². The van der Waals surface area contributed by atoms with Gasteiger partial charge in [0, 0.05) is 11.1 Å². The molecule has 5 heteroatoms. The third-order valence-corrected chi connectivity index (χ3v) is 4.00. The normalized spacial score (nSPS) is 11.3. The van der Waals surface area contributed by atoms with Crippen LogP contribution in [-0.4, -0.2) is 11.2 Å². The highest BCUT2D eigenvalue weighted by Crippen LogP contribution is 2.25. The maximum Gasteiger partial charge on any atom is 0.209 e. The average Bonchev–Trinajstić information content (AvgIpc) is 2.60. The van der Waals surface area contributed by atoms with Crippen LogP contribution in [0.2, 0.25) is 10.0 Å². The molecular formula is C12H10Cl2N2S. The summed E-state index contributed by atoms with van der Waals surface area (Å²) in [5, 5.41) is 1.83. The van der Waals surface area contributed by atoms with E-state index in [-0.39, 0.29) is 0 Å². The molecule has 88 valence electrons. The van der Waals surface area contributed by atoms with E-state index in [2.05, 4.69) is 9.98 Å². The fraction of sp³-hybridized carbons (Fsp3) is 0.167. The van der Waals surface area contributed by atoms with Gasteiger partial charge in [-0.2, -0.15) is 0 Å². The van der Waals surface area contributed by atoms with E-state index >= 15 is 0 Å². The van der Waals surface area contributed by atoms with Crippen LogP contribution >= 0.6 is 34.5 Å². The number of rotatable bonds is 2. The summed E-state index contributed by atoms with van der Waals surface area (Å²) in [6, 6.07) is 5.40. The summed E-state index contributed by atoms with van der Waals surface area (Å²) in [7, 11) is 0. The molecule has 0 aliphatic carbocycles. The van der Waals surface area contributed by atoms with Gasteiger partial charge in [-0.3, -0.25) is 0 Å². The molecule has 0 unspecified atom stereocenters. The van der Waals surface area contributed by atoms with Crippen LogP contribution < -0.4 is 0 Å². The van der Waals surface area contributed by atoms with Gasteiger partial charge in [0.2, 0.25) is 5.13 Å². The zero-order valence-electron chi connectivity index (χ0n) is 9.37. The summed E-state index contributed by atoms with van der Waals surface area (Å²) in [4.78, 5) is 9.82. The fourth-order valence-electron chi connectivity index (χ4n) is 1.23. The standard InChI is InChI=1S/C12H10Cl2N2S/c1-7-8(2)17-12(16-7)15-6-9-3-4-10(13)11(14)5-9/h3-6H,1-2H3/b15-6+. The molecule has 2 rings (SSSR count). The molecule has 0 amide bonds. The van der Waals surface area contributed by atoms with Gasteiger partial charge in [-0.15, -0.1) is 0 Å². The molecule has 0 N–H and O–H groups in total. The number of aromatic nitrogens is 1. The van der Waals surface area contributed by atoms with Crippen LogP contribution in [0.3, 0.4) is 0 Å². The van der Waals surface area contributed by atoms with Gasteiger partial charge in [-0.05, 0) is 31.5 Å². The summed E-state index contributed by atoms with van der Waals surface area (Å²) in [5.74, 6) is 0. The third kappa shape index (κ3) is 3.06. The quantitative estimate of drug-likeness (QED) is 0.726. The lowest BCUT2D eigenvalue weighted by Gasteiger charge is -1.96. The topological polar surface area (TPSA) is 25.2 Å². The Labute approximate surface area is 114 Å². The second kappa shape index (κ2) is 5.17. The fourth-order valence-corrected chi connectivity index (χ4v) is 2.30. The molecular weight excluding hydrogens is 275 g/mol. The predicted molar refractivity (Wildman–Crippen MR) is 75.3 cm³/mol. The minimum atomic E-state index is 0.530. The van der Waals surface area contributed by atoms with Crippen molar-refractivity contribution in [1.82, 2.24) is 4.98 Å². The van der Waals surface area contributed by atoms with E-state index in [0.29, 0.717) is 10.0 Å². The first kappa shape index (κ1) is 12.6. The Morgan fingerprint density at radius 3 is 2.59 bits per heavy atom. The molecule has 2 nitrogen and oxygen atoms in total. The first-order chi connectivity index (χ1) is 8.06. The van der Waals surface area contributed by atoms with Crippen LogP contribution in [0.25, 0.3) is 0 Å². The molecule has 0 radical (unpaired) electrons. The van der Waals surface area contributed by atoms with E-state index in [1.54, 1.807) is 29.7 Å². The summed E-state index contributed by atoms with van der Waals surface area (Å²) in [6.45, 7) is 4.01.